The van der Waals surface area contributed by atoms with E-state index in [-0.39, 0.29) is 24.1 Å². The zero-order chi connectivity index (χ0) is 20.7. The Morgan fingerprint density at radius 2 is 1.90 bits per heavy atom. The number of carbonyl (C=O) groups is 1. The van der Waals surface area contributed by atoms with Gasteiger partial charge < -0.3 is 4.90 Å². The van der Waals surface area contributed by atoms with Crippen molar-refractivity contribution in [3.63, 3.8) is 0 Å². The average Bonchev–Trinajstić information content (AvgIpc) is 3.16. The summed E-state index contributed by atoms with van der Waals surface area (Å²) in [6, 6.07) is 17.8. The summed E-state index contributed by atoms with van der Waals surface area (Å²) < 4.78 is 2.91. The summed E-state index contributed by atoms with van der Waals surface area (Å²) in [5.74, 6) is 0.602. The molecule has 0 saturated heterocycles. The van der Waals surface area contributed by atoms with Crippen molar-refractivity contribution in [1.29, 1.82) is 0 Å². The minimum absolute atomic E-state index is 0.0843. The summed E-state index contributed by atoms with van der Waals surface area (Å²) in [4.78, 5) is 33.6. The molecule has 8 heteroatoms. The van der Waals surface area contributed by atoms with Crippen LogP contribution in [0.25, 0.3) is 11.0 Å². The van der Waals surface area contributed by atoms with Crippen molar-refractivity contribution in [2.75, 3.05) is 10.7 Å². The summed E-state index contributed by atoms with van der Waals surface area (Å²) in [6.45, 7) is -0.0843. The molecule has 0 spiro atoms. The highest BCUT2D eigenvalue weighted by Crippen LogP contribution is 2.43. The molecule has 1 unspecified atom stereocenters. The Morgan fingerprint density at radius 1 is 1.13 bits per heavy atom. The molecule has 0 N–H and O–H groups in total. The first-order valence-corrected chi connectivity index (χ1v) is 10.6. The Kier molecular flexibility index (Phi) is 4.63. The first-order chi connectivity index (χ1) is 14.6. The van der Waals surface area contributed by atoms with Gasteiger partial charge in [-0.05, 0) is 17.7 Å². The Labute approximate surface area is 177 Å². The second kappa shape index (κ2) is 7.46. The van der Waals surface area contributed by atoms with Gasteiger partial charge in [-0.1, -0.05) is 42.5 Å². The molecule has 1 amide bonds. The lowest BCUT2D eigenvalue weighted by Crippen LogP contribution is -2.42. The smallest absolute Gasteiger partial charge is 0.264 e. The van der Waals surface area contributed by atoms with Crippen molar-refractivity contribution in [3.05, 3.63) is 83.0 Å². The van der Waals surface area contributed by atoms with E-state index in [2.05, 4.69) is 10.1 Å². The maximum atomic E-state index is 13.5. The van der Waals surface area contributed by atoms with Gasteiger partial charge >= 0.3 is 0 Å². The van der Waals surface area contributed by atoms with Crippen LogP contribution in [0.4, 0.5) is 5.69 Å². The van der Waals surface area contributed by atoms with Crippen molar-refractivity contribution >= 4 is 34.4 Å². The van der Waals surface area contributed by atoms with Crippen LogP contribution in [0.2, 0.25) is 0 Å². The number of fused-ring (bicyclic) bond motifs is 2. The molecule has 30 heavy (non-hydrogen) atoms. The van der Waals surface area contributed by atoms with E-state index < -0.39 is 0 Å². The lowest BCUT2D eigenvalue weighted by atomic mass is 10.1. The molecule has 0 bridgehead atoms. The van der Waals surface area contributed by atoms with Gasteiger partial charge in [0, 0.05) is 17.7 Å². The molecule has 1 aliphatic rings. The number of hydrogen-bond donors (Lipinski definition) is 0. The fourth-order valence-electron chi connectivity index (χ4n) is 3.82. The summed E-state index contributed by atoms with van der Waals surface area (Å²) in [5, 5.41) is 4.50. The number of nitrogens with zero attached hydrogens (tertiary/aromatic N) is 5. The second-order valence-electron chi connectivity index (χ2n) is 7.15. The Bertz CT molecular complexity index is 1300. The van der Waals surface area contributed by atoms with Crippen LogP contribution in [0.3, 0.4) is 0 Å². The minimum Gasteiger partial charge on any atom is -0.301 e. The zero-order valence-corrected chi connectivity index (χ0v) is 17.1. The summed E-state index contributed by atoms with van der Waals surface area (Å²) in [6.07, 6.45) is 2.91. The number of amides is 1. The number of hydrogen-bond acceptors (Lipinski definition) is 5. The molecule has 5 rings (SSSR count). The van der Waals surface area contributed by atoms with Crippen LogP contribution < -0.4 is 10.5 Å². The first kappa shape index (κ1) is 18.6. The number of aryl methyl sites for hydroxylation is 1. The number of thioether (sulfide) groups is 1. The number of anilines is 1. The molecule has 0 radical (unpaired) electrons. The molecule has 1 aliphatic heterocycles. The van der Waals surface area contributed by atoms with Gasteiger partial charge in [0.1, 0.15) is 18.3 Å². The first-order valence-electron chi connectivity index (χ1n) is 9.59. The van der Waals surface area contributed by atoms with Gasteiger partial charge in [0.05, 0.1) is 17.9 Å². The van der Waals surface area contributed by atoms with Gasteiger partial charge in [-0.15, -0.1) is 11.8 Å². The van der Waals surface area contributed by atoms with Crippen LogP contribution in [0.5, 0.6) is 0 Å². The highest BCUT2D eigenvalue weighted by Gasteiger charge is 2.32. The third-order valence-electron chi connectivity index (χ3n) is 5.31. The number of aromatic nitrogens is 4. The van der Waals surface area contributed by atoms with E-state index in [0.717, 1.165) is 21.9 Å². The van der Waals surface area contributed by atoms with Crippen LogP contribution in [0.15, 0.2) is 76.8 Å². The lowest BCUT2D eigenvalue weighted by Gasteiger charge is -2.37. The summed E-state index contributed by atoms with van der Waals surface area (Å²) in [5.41, 5.74) is 2.18. The predicted octanol–water partition coefficient (Wildman–Crippen LogP) is 3.01. The molecular formula is C22H19N5O2S. The van der Waals surface area contributed by atoms with E-state index in [9.17, 15) is 9.59 Å². The topological polar surface area (TPSA) is 73.0 Å². The maximum Gasteiger partial charge on any atom is 0.264 e. The average molecular weight is 417 g/mol. The van der Waals surface area contributed by atoms with E-state index in [0.29, 0.717) is 11.0 Å². The summed E-state index contributed by atoms with van der Waals surface area (Å²) >= 11 is 1.74. The zero-order valence-electron chi connectivity index (χ0n) is 16.3. The monoisotopic (exact) mass is 417 g/mol. The molecule has 1 atom stereocenters. The van der Waals surface area contributed by atoms with Crippen molar-refractivity contribution in [3.8, 4) is 0 Å². The van der Waals surface area contributed by atoms with Crippen LogP contribution in [-0.4, -0.2) is 31.0 Å². The van der Waals surface area contributed by atoms with Crippen LogP contribution in [0.1, 0.15) is 11.6 Å². The third kappa shape index (κ3) is 3.09. The van der Waals surface area contributed by atoms with Crippen molar-refractivity contribution in [2.24, 2.45) is 7.05 Å². The fraction of sp³-hybridized carbons (Fsp3) is 0.182. The van der Waals surface area contributed by atoms with E-state index in [1.807, 2.05) is 59.5 Å². The number of carbonyl (C=O) groups excluding carboxylic acids is 1. The van der Waals surface area contributed by atoms with Crippen molar-refractivity contribution in [2.45, 2.75) is 17.5 Å². The SMILES string of the molecule is Cn1ncc2c(=O)n(CC(=O)N3c4ccccc4SCC3c3ccccc3)cnc21. The van der Waals surface area contributed by atoms with Gasteiger partial charge in [0.25, 0.3) is 5.56 Å². The van der Waals surface area contributed by atoms with E-state index in [1.165, 1.54) is 17.1 Å². The second-order valence-corrected chi connectivity index (χ2v) is 8.21. The van der Waals surface area contributed by atoms with Crippen molar-refractivity contribution < 1.29 is 4.79 Å². The molecule has 2 aromatic carbocycles. The fourth-order valence-corrected chi connectivity index (χ4v) is 4.99. The molecule has 7 nitrogen and oxygen atoms in total. The van der Waals surface area contributed by atoms with E-state index in [1.54, 1.807) is 23.5 Å². The van der Waals surface area contributed by atoms with Gasteiger partial charge in [-0.25, -0.2) is 4.98 Å². The molecule has 3 heterocycles. The maximum absolute atomic E-state index is 13.5. The van der Waals surface area contributed by atoms with Gasteiger partial charge in [-0.3, -0.25) is 18.8 Å². The van der Waals surface area contributed by atoms with Gasteiger partial charge in [-0.2, -0.15) is 5.10 Å². The van der Waals surface area contributed by atoms with Crippen LogP contribution in [0, 0.1) is 0 Å². The highest BCUT2D eigenvalue weighted by atomic mass is 32.2. The molecule has 0 fully saturated rings. The van der Waals surface area contributed by atoms with Gasteiger partial charge in [0.15, 0.2) is 5.65 Å². The largest absolute Gasteiger partial charge is 0.301 e. The molecule has 0 saturated carbocycles. The molecule has 2 aromatic heterocycles. The van der Waals surface area contributed by atoms with Crippen molar-refractivity contribution in [1.82, 2.24) is 19.3 Å². The van der Waals surface area contributed by atoms with Crippen LogP contribution in [-0.2, 0) is 18.4 Å². The van der Waals surface area contributed by atoms with E-state index in [4.69, 9.17) is 0 Å². The quantitative estimate of drug-likeness (QED) is 0.512. The molecule has 150 valence electrons. The molecule has 0 aliphatic carbocycles. The molecule has 4 aromatic rings. The predicted molar refractivity (Wildman–Crippen MR) is 117 cm³/mol. The Hall–Kier alpha value is -3.39. The Morgan fingerprint density at radius 3 is 2.73 bits per heavy atom. The number of rotatable bonds is 3. The number of benzene rings is 2. The van der Waals surface area contributed by atoms with E-state index >= 15 is 0 Å². The minimum atomic E-state index is -0.266. The summed E-state index contributed by atoms with van der Waals surface area (Å²) in [7, 11) is 1.73. The standard InChI is InChI=1S/C22H19N5O2S/c1-25-21-16(11-24-25)22(29)26(14-23-21)12-20(28)27-17-9-5-6-10-19(17)30-13-18(27)15-7-3-2-4-8-15/h2-11,14,18H,12-13H2,1H3. The third-order valence-corrected chi connectivity index (χ3v) is 6.45. The molecular weight excluding hydrogens is 398 g/mol. The highest BCUT2D eigenvalue weighted by molar-refractivity contribution is 7.99. The number of para-hydroxylation sites is 1. The normalized spacial score (nSPS) is 15.9. The lowest BCUT2D eigenvalue weighted by molar-refractivity contribution is -0.119. The Balaban J connectivity index is 1.55. The van der Waals surface area contributed by atoms with Gasteiger partial charge in [0.2, 0.25) is 5.91 Å². The van der Waals surface area contributed by atoms with Crippen LogP contribution >= 0.6 is 11.8 Å².